The van der Waals surface area contributed by atoms with Gasteiger partial charge < -0.3 is 19.5 Å². The van der Waals surface area contributed by atoms with Crippen LogP contribution in [0.4, 0.5) is 0 Å². The van der Waals surface area contributed by atoms with Crippen molar-refractivity contribution in [1.29, 1.82) is 0 Å². The first-order valence-electron chi connectivity index (χ1n) is 10.5. The fourth-order valence-corrected chi connectivity index (χ4v) is 4.73. The maximum absolute atomic E-state index is 11.7. The molecule has 0 radical (unpaired) electrons. The van der Waals surface area contributed by atoms with Crippen LogP contribution in [0.3, 0.4) is 0 Å². The Labute approximate surface area is 189 Å². The number of ether oxygens (including phenoxy) is 2. The van der Waals surface area contributed by atoms with Crippen molar-refractivity contribution in [2.45, 2.75) is 39.7 Å². The summed E-state index contributed by atoms with van der Waals surface area (Å²) in [5.41, 5.74) is 3.38. The molecule has 0 fully saturated rings. The van der Waals surface area contributed by atoms with Crippen molar-refractivity contribution in [3.8, 4) is 11.5 Å². The van der Waals surface area contributed by atoms with Crippen molar-refractivity contribution in [1.82, 2.24) is 4.90 Å². The third kappa shape index (κ3) is 5.01. The van der Waals surface area contributed by atoms with Gasteiger partial charge in [-0.15, -0.1) is 0 Å². The maximum Gasteiger partial charge on any atom is 0.337 e. The molecule has 0 amide bonds. The second kappa shape index (κ2) is 8.65. The fourth-order valence-electron chi connectivity index (χ4n) is 4.09. The third-order valence-electron chi connectivity index (χ3n) is 5.76. The Morgan fingerprint density at radius 1 is 1.28 bits per heavy atom. The van der Waals surface area contributed by atoms with Crippen molar-refractivity contribution in [3.63, 3.8) is 0 Å². The van der Waals surface area contributed by atoms with Gasteiger partial charge in [-0.25, -0.2) is 13.2 Å². The topological polar surface area (TPSA) is 93.1 Å². The van der Waals surface area contributed by atoms with E-state index < -0.39 is 15.8 Å². The van der Waals surface area contributed by atoms with Crippen LogP contribution in [0.1, 0.15) is 38.3 Å². The first-order valence-corrected chi connectivity index (χ1v) is 12.5. The monoisotopic (exact) mass is 461 g/mol. The van der Waals surface area contributed by atoms with Gasteiger partial charge in [-0.1, -0.05) is 27.4 Å². The number of aliphatic carboxylic acids is 1. The van der Waals surface area contributed by atoms with Crippen LogP contribution >= 0.6 is 0 Å². The normalized spacial score (nSPS) is 18.3. The average Bonchev–Trinajstić information content (AvgIpc) is 2.67. The van der Waals surface area contributed by atoms with E-state index in [-0.39, 0.29) is 29.4 Å². The Balaban J connectivity index is 2.01. The summed E-state index contributed by atoms with van der Waals surface area (Å²) in [4.78, 5) is 13.7. The van der Waals surface area contributed by atoms with Crippen LogP contribution in [-0.2, 0) is 21.1 Å². The van der Waals surface area contributed by atoms with Gasteiger partial charge in [0.05, 0.1) is 25.0 Å². The highest BCUT2D eigenvalue weighted by Crippen LogP contribution is 2.45. The number of fused-ring (bicyclic) bond motifs is 3. The molecule has 174 valence electrons. The maximum atomic E-state index is 11.7. The standard InChI is InChI=1S/C24H31NO6S/c1-15-10-19-17-13-20(30-5)21(31-8-7-9-32(6,28)29)11-16(17)12-22(24(2,3)4)25(19)14-18(15)23(26)27/h10-11,13-14,22H,1,7-9,12H2,2-6H3,(H,26,27)/t22-/m0/s1. The lowest BCUT2D eigenvalue weighted by Crippen LogP contribution is -2.45. The largest absolute Gasteiger partial charge is 0.493 e. The Morgan fingerprint density at radius 3 is 2.53 bits per heavy atom. The molecule has 1 aromatic rings. The van der Waals surface area contributed by atoms with Gasteiger partial charge >= 0.3 is 5.97 Å². The van der Waals surface area contributed by atoms with Crippen molar-refractivity contribution < 1.29 is 27.8 Å². The van der Waals surface area contributed by atoms with Crippen molar-refractivity contribution in [2.24, 2.45) is 5.41 Å². The Bertz CT molecular complexity index is 1110. The van der Waals surface area contributed by atoms with Crippen LogP contribution in [0.25, 0.3) is 5.70 Å². The molecule has 0 saturated carbocycles. The van der Waals surface area contributed by atoms with Crippen molar-refractivity contribution in [3.05, 3.63) is 53.3 Å². The van der Waals surface area contributed by atoms with Crippen LogP contribution in [0.2, 0.25) is 0 Å². The Morgan fingerprint density at radius 2 is 1.97 bits per heavy atom. The van der Waals surface area contributed by atoms with E-state index in [2.05, 4.69) is 27.4 Å². The molecule has 2 aliphatic rings. The Hall–Kier alpha value is -2.74. The SMILES string of the molecule is C=C1C=C2c3cc(OC)c(OCCCS(C)(=O)=O)cc3C[C@@H](C(C)(C)C)N2C=C1C(=O)O. The van der Waals surface area contributed by atoms with E-state index in [9.17, 15) is 18.3 Å². The zero-order valence-electron chi connectivity index (χ0n) is 19.3. The zero-order valence-corrected chi connectivity index (χ0v) is 20.1. The van der Waals surface area contributed by atoms with Gasteiger partial charge in [-0.05, 0) is 47.6 Å². The van der Waals surface area contributed by atoms with E-state index in [1.807, 2.05) is 23.1 Å². The second-order valence-electron chi connectivity index (χ2n) is 9.39. The first-order chi connectivity index (χ1) is 14.8. The molecular formula is C24H31NO6S. The highest BCUT2D eigenvalue weighted by atomic mass is 32.2. The van der Waals surface area contributed by atoms with Gasteiger partial charge in [0.1, 0.15) is 9.84 Å². The summed E-state index contributed by atoms with van der Waals surface area (Å²) in [6.07, 6.45) is 5.79. The predicted octanol–water partition coefficient (Wildman–Crippen LogP) is 3.66. The number of carboxylic acids is 1. The number of hydrogen-bond donors (Lipinski definition) is 1. The molecule has 1 aromatic carbocycles. The summed E-state index contributed by atoms with van der Waals surface area (Å²) in [5, 5.41) is 9.60. The predicted molar refractivity (Wildman–Crippen MR) is 124 cm³/mol. The quantitative estimate of drug-likeness (QED) is 0.620. The van der Waals surface area contributed by atoms with E-state index in [0.29, 0.717) is 29.9 Å². The van der Waals surface area contributed by atoms with Gasteiger partial charge in [0.15, 0.2) is 11.5 Å². The molecular weight excluding hydrogens is 430 g/mol. The number of hydrogen-bond acceptors (Lipinski definition) is 6. The smallest absolute Gasteiger partial charge is 0.337 e. The summed E-state index contributed by atoms with van der Waals surface area (Å²) in [6, 6.07) is 3.87. The van der Waals surface area contributed by atoms with Gasteiger partial charge in [0, 0.05) is 29.8 Å². The number of carbonyl (C=O) groups is 1. The molecule has 0 saturated heterocycles. The van der Waals surface area contributed by atoms with Crippen molar-refractivity contribution >= 4 is 21.5 Å². The van der Waals surface area contributed by atoms with Gasteiger partial charge in [0.25, 0.3) is 0 Å². The molecule has 8 heteroatoms. The molecule has 0 aliphatic carbocycles. The molecule has 2 heterocycles. The highest BCUT2D eigenvalue weighted by Gasteiger charge is 2.39. The van der Waals surface area contributed by atoms with Crippen molar-refractivity contribution in [2.75, 3.05) is 25.7 Å². The second-order valence-corrected chi connectivity index (χ2v) is 11.6. The number of carboxylic acid groups (broad SMARTS) is 1. The minimum Gasteiger partial charge on any atom is -0.493 e. The van der Waals surface area contributed by atoms with E-state index in [1.165, 1.54) is 6.26 Å². The third-order valence-corrected chi connectivity index (χ3v) is 6.80. The number of sulfone groups is 1. The number of methoxy groups -OCH3 is 1. The minimum atomic E-state index is -3.04. The van der Waals surface area contributed by atoms with Crippen LogP contribution < -0.4 is 9.47 Å². The zero-order chi connectivity index (χ0) is 23.8. The minimum absolute atomic E-state index is 0.0233. The first kappa shape index (κ1) is 23.9. The van der Waals surface area contributed by atoms with Gasteiger partial charge in [-0.3, -0.25) is 0 Å². The van der Waals surface area contributed by atoms with Gasteiger partial charge in [0.2, 0.25) is 0 Å². The van der Waals surface area contributed by atoms with E-state index in [0.717, 1.165) is 16.8 Å². The summed E-state index contributed by atoms with van der Waals surface area (Å²) >= 11 is 0. The number of allylic oxidation sites excluding steroid dienone is 1. The van der Waals surface area contributed by atoms with Crippen LogP contribution in [-0.4, -0.2) is 56.2 Å². The molecule has 3 rings (SSSR count). The van der Waals surface area contributed by atoms with E-state index in [1.54, 1.807) is 13.3 Å². The molecule has 1 N–H and O–H groups in total. The van der Waals surface area contributed by atoms with Crippen LogP contribution in [0.5, 0.6) is 11.5 Å². The average molecular weight is 462 g/mol. The Kier molecular flexibility index (Phi) is 6.47. The molecule has 32 heavy (non-hydrogen) atoms. The summed E-state index contributed by atoms with van der Waals surface area (Å²) < 4.78 is 34.2. The summed E-state index contributed by atoms with van der Waals surface area (Å²) in [7, 11) is -1.49. The van der Waals surface area contributed by atoms with E-state index in [4.69, 9.17) is 9.47 Å². The molecule has 2 aliphatic heterocycles. The molecule has 0 aromatic heterocycles. The van der Waals surface area contributed by atoms with Gasteiger partial charge in [-0.2, -0.15) is 0 Å². The lowest BCUT2D eigenvalue weighted by Gasteiger charge is -2.46. The summed E-state index contributed by atoms with van der Waals surface area (Å²) in [6.45, 7) is 10.6. The highest BCUT2D eigenvalue weighted by molar-refractivity contribution is 7.90. The van der Waals surface area contributed by atoms with Crippen LogP contribution in [0, 0.1) is 5.41 Å². The number of nitrogens with zero attached hydrogens (tertiary/aromatic N) is 1. The van der Waals surface area contributed by atoms with E-state index >= 15 is 0 Å². The number of benzene rings is 1. The molecule has 0 unspecified atom stereocenters. The van der Waals surface area contributed by atoms with Crippen LogP contribution in [0.15, 0.2) is 42.1 Å². The summed E-state index contributed by atoms with van der Waals surface area (Å²) in [5.74, 6) is 0.169. The molecule has 0 spiro atoms. The molecule has 1 atom stereocenters. The molecule has 0 bridgehead atoms. The fraction of sp³-hybridized carbons (Fsp3) is 0.458. The molecule has 7 nitrogen and oxygen atoms in total. The lowest BCUT2D eigenvalue weighted by molar-refractivity contribution is -0.132. The lowest BCUT2D eigenvalue weighted by atomic mass is 9.76. The number of rotatable bonds is 7.